The standard InChI is InChI=1S/C18H22N2O3/c1-4-11-20(12-5-2)18(22)17-16(14-9-7-6-8-10-14)19(3)15(21)13-23-17/h4-10,16-17H,1-2,11-13H2,3H3/t16-,17-/m1/s1. The van der Waals surface area contributed by atoms with E-state index in [9.17, 15) is 9.59 Å². The summed E-state index contributed by atoms with van der Waals surface area (Å²) in [5, 5.41) is 0. The normalized spacial score (nSPS) is 20.9. The molecule has 2 rings (SSSR count). The van der Waals surface area contributed by atoms with Gasteiger partial charge in [-0.2, -0.15) is 0 Å². The van der Waals surface area contributed by atoms with Gasteiger partial charge in [0.05, 0.1) is 6.04 Å². The highest BCUT2D eigenvalue weighted by Gasteiger charge is 2.41. The summed E-state index contributed by atoms with van der Waals surface area (Å²) in [5.74, 6) is -0.306. The number of likely N-dealkylation sites (N-methyl/N-ethyl adjacent to an activating group) is 1. The molecule has 0 aromatic heterocycles. The quantitative estimate of drug-likeness (QED) is 0.752. The molecule has 0 aliphatic carbocycles. The molecule has 0 N–H and O–H groups in total. The van der Waals surface area contributed by atoms with Crippen LogP contribution >= 0.6 is 0 Å². The van der Waals surface area contributed by atoms with Crippen molar-refractivity contribution in [3.63, 3.8) is 0 Å². The van der Waals surface area contributed by atoms with Gasteiger partial charge in [0, 0.05) is 20.1 Å². The van der Waals surface area contributed by atoms with Crippen molar-refractivity contribution in [3.05, 3.63) is 61.2 Å². The van der Waals surface area contributed by atoms with Crippen LogP contribution in [-0.2, 0) is 14.3 Å². The van der Waals surface area contributed by atoms with Gasteiger partial charge < -0.3 is 14.5 Å². The van der Waals surface area contributed by atoms with Crippen LogP contribution in [0.2, 0.25) is 0 Å². The number of carbonyl (C=O) groups excluding carboxylic acids is 2. The first-order valence-corrected chi connectivity index (χ1v) is 7.53. The number of amides is 2. The van der Waals surface area contributed by atoms with E-state index in [1.54, 1.807) is 29.0 Å². The zero-order valence-electron chi connectivity index (χ0n) is 13.4. The second-order valence-electron chi connectivity index (χ2n) is 5.41. The number of hydrogen-bond donors (Lipinski definition) is 0. The largest absolute Gasteiger partial charge is 0.356 e. The average molecular weight is 314 g/mol. The van der Waals surface area contributed by atoms with Gasteiger partial charge in [-0.25, -0.2) is 0 Å². The predicted molar refractivity (Wildman–Crippen MR) is 88.7 cm³/mol. The number of ether oxygens (including phenoxy) is 1. The molecule has 1 aliphatic rings. The van der Waals surface area contributed by atoms with Crippen LogP contribution in [0.15, 0.2) is 55.6 Å². The number of nitrogens with zero attached hydrogens (tertiary/aromatic N) is 2. The minimum atomic E-state index is -0.736. The van der Waals surface area contributed by atoms with Gasteiger partial charge in [0.15, 0.2) is 6.10 Å². The number of benzene rings is 1. The molecule has 1 heterocycles. The van der Waals surface area contributed by atoms with Gasteiger partial charge in [-0.3, -0.25) is 9.59 Å². The van der Waals surface area contributed by atoms with E-state index in [1.165, 1.54) is 0 Å². The third kappa shape index (κ3) is 3.68. The number of carbonyl (C=O) groups is 2. The summed E-state index contributed by atoms with van der Waals surface area (Å²) < 4.78 is 5.61. The maximum absolute atomic E-state index is 12.9. The summed E-state index contributed by atoms with van der Waals surface area (Å²) in [6, 6.07) is 9.02. The molecule has 23 heavy (non-hydrogen) atoms. The lowest BCUT2D eigenvalue weighted by molar-refractivity contribution is -0.166. The highest BCUT2D eigenvalue weighted by Crippen LogP contribution is 2.30. The van der Waals surface area contributed by atoms with Crippen LogP contribution < -0.4 is 0 Å². The Labute approximate surface area is 136 Å². The maximum atomic E-state index is 12.9. The molecule has 0 unspecified atom stereocenters. The molecule has 0 radical (unpaired) electrons. The molecule has 122 valence electrons. The fourth-order valence-electron chi connectivity index (χ4n) is 2.71. The first-order chi connectivity index (χ1) is 11.1. The minimum Gasteiger partial charge on any atom is -0.356 e. The van der Waals surface area contributed by atoms with Gasteiger partial charge in [0.25, 0.3) is 5.91 Å². The van der Waals surface area contributed by atoms with E-state index in [0.717, 1.165) is 5.56 Å². The zero-order valence-corrected chi connectivity index (χ0v) is 13.4. The van der Waals surface area contributed by atoms with Gasteiger partial charge in [-0.15, -0.1) is 13.2 Å². The maximum Gasteiger partial charge on any atom is 0.254 e. The van der Waals surface area contributed by atoms with Crippen molar-refractivity contribution in [1.29, 1.82) is 0 Å². The lowest BCUT2D eigenvalue weighted by atomic mass is 9.97. The van der Waals surface area contributed by atoms with Crippen molar-refractivity contribution in [2.75, 3.05) is 26.7 Å². The van der Waals surface area contributed by atoms with Crippen LogP contribution in [0.3, 0.4) is 0 Å². The van der Waals surface area contributed by atoms with E-state index < -0.39 is 12.1 Å². The van der Waals surface area contributed by atoms with E-state index in [1.807, 2.05) is 30.3 Å². The fraction of sp³-hybridized carbons (Fsp3) is 0.333. The summed E-state index contributed by atoms with van der Waals surface area (Å²) in [5.41, 5.74) is 0.874. The van der Waals surface area contributed by atoms with Crippen LogP contribution in [0.4, 0.5) is 0 Å². The van der Waals surface area contributed by atoms with Crippen molar-refractivity contribution in [1.82, 2.24) is 9.80 Å². The highest BCUT2D eigenvalue weighted by molar-refractivity contribution is 5.86. The van der Waals surface area contributed by atoms with E-state index in [2.05, 4.69) is 13.2 Å². The summed E-state index contributed by atoms with van der Waals surface area (Å²) in [7, 11) is 1.70. The molecule has 2 atom stereocenters. The second kappa shape index (κ2) is 7.74. The molecule has 1 aliphatic heterocycles. The van der Waals surface area contributed by atoms with Crippen molar-refractivity contribution < 1.29 is 14.3 Å². The smallest absolute Gasteiger partial charge is 0.254 e. The van der Waals surface area contributed by atoms with E-state index in [0.29, 0.717) is 13.1 Å². The van der Waals surface area contributed by atoms with Crippen LogP contribution in [0.1, 0.15) is 11.6 Å². The summed E-state index contributed by atoms with van der Waals surface area (Å²) in [6.45, 7) is 8.08. The average Bonchev–Trinajstić information content (AvgIpc) is 2.57. The molecule has 5 heteroatoms. The van der Waals surface area contributed by atoms with Gasteiger partial charge in [0.2, 0.25) is 5.91 Å². The monoisotopic (exact) mass is 314 g/mol. The van der Waals surface area contributed by atoms with Gasteiger partial charge >= 0.3 is 0 Å². The number of rotatable bonds is 6. The molecule has 5 nitrogen and oxygen atoms in total. The van der Waals surface area contributed by atoms with E-state index >= 15 is 0 Å². The first-order valence-electron chi connectivity index (χ1n) is 7.53. The Morgan fingerprint density at radius 1 is 1.30 bits per heavy atom. The van der Waals surface area contributed by atoms with E-state index in [4.69, 9.17) is 4.74 Å². The molecule has 0 bridgehead atoms. The molecule has 0 spiro atoms. The lowest BCUT2D eigenvalue weighted by Crippen LogP contribution is -2.54. The molecule has 1 aromatic rings. The summed E-state index contributed by atoms with van der Waals surface area (Å²) in [4.78, 5) is 28.1. The summed E-state index contributed by atoms with van der Waals surface area (Å²) >= 11 is 0. The van der Waals surface area contributed by atoms with Crippen LogP contribution in [0, 0.1) is 0 Å². The van der Waals surface area contributed by atoms with Crippen molar-refractivity contribution in [2.45, 2.75) is 12.1 Å². The van der Waals surface area contributed by atoms with Crippen molar-refractivity contribution in [3.8, 4) is 0 Å². The van der Waals surface area contributed by atoms with Gasteiger partial charge in [-0.05, 0) is 5.56 Å². The predicted octanol–water partition coefficient (Wildman–Crippen LogP) is 1.79. The molecule has 2 amide bonds. The molecular weight excluding hydrogens is 292 g/mol. The lowest BCUT2D eigenvalue weighted by Gasteiger charge is -2.40. The Hall–Kier alpha value is -2.40. The number of hydrogen-bond acceptors (Lipinski definition) is 3. The van der Waals surface area contributed by atoms with Crippen molar-refractivity contribution in [2.24, 2.45) is 0 Å². The Morgan fingerprint density at radius 2 is 1.91 bits per heavy atom. The Bertz CT molecular complexity index is 575. The van der Waals surface area contributed by atoms with Crippen LogP contribution in [0.25, 0.3) is 0 Å². The molecule has 1 saturated heterocycles. The second-order valence-corrected chi connectivity index (χ2v) is 5.41. The van der Waals surface area contributed by atoms with Crippen LogP contribution in [-0.4, -0.2) is 54.5 Å². The van der Waals surface area contributed by atoms with Gasteiger partial charge in [-0.1, -0.05) is 42.5 Å². The van der Waals surface area contributed by atoms with Gasteiger partial charge in [0.1, 0.15) is 6.61 Å². The van der Waals surface area contributed by atoms with Crippen molar-refractivity contribution >= 4 is 11.8 Å². The SMILES string of the molecule is C=CCN(CC=C)C(=O)[C@@H]1OCC(=O)N(C)[C@@H]1c1ccccc1. The first kappa shape index (κ1) is 17.0. The Balaban J connectivity index is 2.33. The Morgan fingerprint density at radius 3 is 2.48 bits per heavy atom. The highest BCUT2D eigenvalue weighted by atomic mass is 16.5. The molecule has 1 aromatic carbocycles. The third-order valence-corrected chi connectivity index (χ3v) is 3.88. The van der Waals surface area contributed by atoms with Crippen LogP contribution in [0.5, 0.6) is 0 Å². The molecular formula is C18H22N2O3. The fourth-order valence-corrected chi connectivity index (χ4v) is 2.71. The third-order valence-electron chi connectivity index (χ3n) is 3.88. The Kier molecular flexibility index (Phi) is 5.71. The van der Waals surface area contributed by atoms with E-state index in [-0.39, 0.29) is 18.4 Å². The number of morpholine rings is 1. The molecule has 1 fully saturated rings. The topological polar surface area (TPSA) is 49.9 Å². The zero-order chi connectivity index (χ0) is 16.8. The molecule has 0 saturated carbocycles. The summed E-state index contributed by atoms with van der Waals surface area (Å²) in [6.07, 6.45) is 2.59. The minimum absolute atomic E-state index is 0.0910.